The van der Waals surface area contributed by atoms with Crippen LogP contribution in [-0.4, -0.2) is 55.5 Å². The number of benzene rings is 1. The van der Waals surface area contributed by atoms with E-state index in [1.807, 2.05) is 24.4 Å². The zero-order valence-corrected chi connectivity index (χ0v) is 20.5. The summed E-state index contributed by atoms with van der Waals surface area (Å²) in [7, 11) is 0. The van der Waals surface area contributed by atoms with Gasteiger partial charge >= 0.3 is 0 Å². The van der Waals surface area contributed by atoms with Crippen LogP contribution in [-0.2, 0) is 4.74 Å². The van der Waals surface area contributed by atoms with Crippen molar-refractivity contribution in [1.29, 1.82) is 0 Å². The maximum absolute atomic E-state index is 6.77. The van der Waals surface area contributed by atoms with Crippen molar-refractivity contribution in [1.82, 2.24) is 9.88 Å². The van der Waals surface area contributed by atoms with Gasteiger partial charge < -0.3 is 19.3 Å². The molecule has 178 valence electrons. The van der Waals surface area contributed by atoms with Gasteiger partial charge in [-0.15, -0.1) is 0 Å². The number of ether oxygens (including phenoxy) is 2. The lowest BCUT2D eigenvalue weighted by Gasteiger charge is -2.26. The van der Waals surface area contributed by atoms with E-state index in [0.29, 0.717) is 29.9 Å². The lowest BCUT2D eigenvalue weighted by atomic mass is 10.2. The quantitative estimate of drug-likeness (QED) is 0.335. The van der Waals surface area contributed by atoms with Gasteiger partial charge in [0.1, 0.15) is 18.2 Å². The Hall–Kier alpha value is -2.93. The minimum Gasteiger partial charge on any atom is -0.498 e. The summed E-state index contributed by atoms with van der Waals surface area (Å²) in [5.74, 6) is 1.01. The van der Waals surface area contributed by atoms with E-state index in [4.69, 9.17) is 21.1 Å². The van der Waals surface area contributed by atoms with E-state index in [0.717, 1.165) is 50.3 Å². The second-order valence-electron chi connectivity index (χ2n) is 7.96. The van der Waals surface area contributed by atoms with E-state index in [9.17, 15) is 0 Å². The molecular formula is C25H34ClN5O2. The second-order valence-corrected chi connectivity index (χ2v) is 8.34. The van der Waals surface area contributed by atoms with Gasteiger partial charge in [0.05, 0.1) is 31.3 Å². The number of nitrogens with zero attached hydrogens (tertiary/aromatic N) is 4. The third-order valence-corrected chi connectivity index (χ3v) is 5.51. The Morgan fingerprint density at radius 3 is 2.79 bits per heavy atom. The third kappa shape index (κ3) is 7.56. The van der Waals surface area contributed by atoms with E-state index in [1.165, 1.54) is 5.56 Å². The molecule has 1 aromatic carbocycles. The molecule has 0 fully saturated rings. The van der Waals surface area contributed by atoms with Crippen molar-refractivity contribution in [2.75, 3.05) is 49.7 Å². The summed E-state index contributed by atoms with van der Waals surface area (Å²) in [5, 5.41) is 4.91. The number of aryl methyl sites for hydroxylation is 1. The van der Waals surface area contributed by atoms with Crippen LogP contribution in [0.3, 0.4) is 0 Å². The molecule has 0 saturated heterocycles. The number of halogens is 1. The molecule has 0 radical (unpaired) electrons. The minimum absolute atomic E-state index is 0.414. The Bertz CT molecular complexity index is 944. The van der Waals surface area contributed by atoms with Gasteiger partial charge in [-0.25, -0.2) is 0 Å². The first-order valence-corrected chi connectivity index (χ1v) is 11.9. The number of anilines is 2. The molecule has 2 heterocycles. The summed E-state index contributed by atoms with van der Waals surface area (Å²) in [6.45, 7) is 10.9. The first-order chi connectivity index (χ1) is 16.1. The van der Waals surface area contributed by atoms with Crippen LogP contribution in [0.15, 0.2) is 47.9 Å². The molecule has 0 bridgehead atoms. The van der Waals surface area contributed by atoms with Crippen molar-refractivity contribution in [3.05, 3.63) is 58.9 Å². The maximum atomic E-state index is 6.77. The molecule has 33 heavy (non-hydrogen) atoms. The summed E-state index contributed by atoms with van der Waals surface area (Å²) in [6, 6.07) is 10.1. The highest BCUT2D eigenvalue weighted by atomic mass is 35.5. The van der Waals surface area contributed by atoms with E-state index in [-0.39, 0.29) is 0 Å². The number of hydrogen-bond acceptors (Lipinski definition) is 7. The standard InChI is InChI=1S/C25H34ClN5O2/c1-4-9-31(10-5-2)22-18-23(29-27-19-21-8-6-7-20(3)17-21)28-25(24(22)26)33-16-13-30-11-14-32-15-12-30/h6-8,11,14,17-19H,4-5,9-10,12-13,15-16H2,1-3H3,(H,28,29)/b27-19+. The van der Waals surface area contributed by atoms with Crippen LogP contribution in [0.25, 0.3) is 0 Å². The second kappa shape index (κ2) is 12.9. The molecule has 1 aliphatic heterocycles. The molecule has 7 nitrogen and oxygen atoms in total. The minimum atomic E-state index is 0.414. The number of pyridine rings is 1. The van der Waals surface area contributed by atoms with Crippen molar-refractivity contribution < 1.29 is 9.47 Å². The van der Waals surface area contributed by atoms with Gasteiger partial charge in [-0.05, 0) is 25.3 Å². The summed E-state index contributed by atoms with van der Waals surface area (Å²) >= 11 is 6.77. The van der Waals surface area contributed by atoms with Crippen molar-refractivity contribution in [3.8, 4) is 5.88 Å². The zero-order valence-electron chi connectivity index (χ0n) is 19.8. The molecule has 2 aromatic rings. The van der Waals surface area contributed by atoms with E-state index >= 15 is 0 Å². The predicted octanol–water partition coefficient (Wildman–Crippen LogP) is 5.30. The lowest BCUT2D eigenvalue weighted by molar-refractivity contribution is 0.157. The summed E-state index contributed by atoms with van der Waals surface area (Å²) in [4.78, 5) is 9.02. The van der Waals surface area contributed by atoms with E-state index < -0.39 is 0 Å². The highest BCUT2D eigenvalue weighted by Crippen LogP contribution is 2.36. The van der Waals surface area contributed by atoms with Gasteiger partial charge in [-0.1, -0.05) is 55.3 Å². The molecular weight excluding hydrogens is 438 g/mol. The molecule has 0 saturated carbocycles. The average Bonchev–Trinajstić information content (AvgIpc) is 2.81. The van der Waals surface area contributed by atoms with Crippen LogP contribution in [0.5, 0.6) is 5.88 Å². The summed E-state index contributed by atoms with van der Waals surface area (Å²) < 4.78 is 11.3. The molecule has 1 aliphatic rings. The normalized spacial score (nSPS) is 13.3. The maximum Gasteiger partial charge on any atom is 0.236 e. The number of rotatable bonds is 12. The number of hydrazone groups is 1. The van der Waals surface area contributed by atoms with Gasteiger partial charge in [-0.3, -0.25) is 5.43 Å². The van der Waals surface area contributed by atoms with Crippen molar-refractivity contribution in [3.63, 3.8) is 0 Å². The molecule has 0 unspecified atom stereocenters. The first-order valence-electron chi connectivity index (χ1n) is 11.6. The van der Waals surface area contributed by atoms with Crippen molar-refractivity contribution >= 4 is 29.3 Å². The topological polar surface area (TPSA) is 62.2 Å². The van der Waals surface area contributed by atoms with Crippen LogP contribution in [0.4, 0.5) is 11.5 Å². The lowest BCUT2D eigenvalue weighted by Crippen LogP contribution is -2.29. The van der Waals surface area contributed by atoms with Gasteiger partial charge in [0.2, 0.25) is 5.88 Å². The zero-order chi connectivity index (χ0) is 23.5. The molecule has 0 atom stereocenters. The largest absolute Gasteiger partial charge is 0.498 e. The average molecular weight is 472 g/mol. The summed E-state index contributed by atoms with van der Waals surface area (Å²) in [5.41, 5.74) is 6.17. The van der Waals surface area contributed by atoms with Gasteiger partial charge in [-0.2, -0.15) is 10.1 Å². The van der Waals surface area contributed by atoms with Crippen LogP contribution in [0, 0.1) is 6.92 Å². The molecule has 3 rings (SSSR count). The SMILES string of the molecule is CCCN(CCC)c1cc(N/N=C/c2cccc(C)c2)nc(OCCN2C=COCC2)c1Cl. The molecule has 1 N–H and O–H groups in total. The van der Waals surface area contributed by atoms with Gasteiger partial charge in [0, 0.05) is 25.4 Å². The smallest absolute Gasteiger partial charge is 0.236 e. The van der Waals surface area contributed by atoms with Gasteiger partial charge in [0.15, 0.2) is 5.82 Å². The molecule has 0 amide bonds. The Labute approximate surface area is 202 Å². The Morgan fingerprint density at radius 1 is 1.27 bits per heavy atom. The third-order valence-electron chi connectivity index (χ3n) is 5.15. The van der Waals surface area contributed by atoms with E-state index in [1.54, 1.807) is 12.5 Å². The van der Waals surface area contributed by atoms with Crippen LogP contribution in [0.2, 0.25) is 5.02 Å². The van der Waals surface area contributed by atoms with E-state index in [2.05, 4.69) is 58.2 Å². The Morgan fingerprint density at radius 2 is 2.09 bits per heavy atom. The molecule has 8 heteroatoms. The predicted molar refractivity (Wildman–Crippen MR) is 137 cm³/mol. The fraction of sp³-hybridized carbons (Fsp3) is 0.440. The molecule has 0 aliphatic carbocycles. The Kier molecular flexibility index (Phi) is 9.69. The molecule has 1 aromatic heterocycles. The monoisotopic (exact) mass is 471 g/mol. The van der Waals surface area contributed by atoms with Crippen LogP contribution < -0.4 is 15.1 Å². The number of aromatic nitrogens is 1. The highest BCUT2D eigenvalue weighted by Gasteiger charge is 2.17. The first kappa shape index (κ1) is 24.7. The highest BCUT2D eigenvalue weighted by molar-refractivity contribution is 6.34. The summed E-state index contributed by atoms with van der Waals surface area (Å²) in [6.07, 6.45) is 7.45. The van der Waals surface area contributed by atoms with Crippen molar-refractivity contribution in [2.24, 2.45) is 5.10 Å². The van der Waals surface area contributed by atoms with Crippen LogP contribution >= 0.6 is 11.6 Å². The number of nitrogens with one attached hydrogen (secondary N) is 1. The van der Waals surface area contributed by atoms with Gasteiger partial charge in [0.25, 0.3) is 0 Å². The fourth-order valence-electron chi connectivity index (χ4n) is 3.58. The Balaban J connectivity index is 1.79. The van der Waals surface area contributed by atoms with Crippen LogP contribution in [0.1, 0.15) is 37.8 Å². The molecule has 0 spiro atoms. The fourth-order valence-corrected chi connectivity index (χ4v) is 3.85. The van der Waals surface area contributed by atoms with Crippen molar-refractivity contribution in [2.45, 2.75) is 33.6 Å². The number of hydrogen-bond donors (Lipinski definition) is 1.